The van der Waals surface area contributed by atoms with Gasteiger partial charge in [0.25, 0.3) is 0 Å². The topological polar surface area (TPSA) is 29.1 Å². The Hall–Kier alpha value is -0.530. The summed E-state index contributed by atoms with van der Waals surface area (Å²) in [6, 6.07) is 0. The van der Waals surface area contributed by atoms with Crippen LogP contribution in [0.5, 0.6) is 0 Å². The number of hydrogen-bond acceptors (Lipinski definition) is 1. The molecule has 0 bridgehead atoms. The lowest BCUT2D eigenvalue weighted by molar-refractivity contribution is -0.121. The first kappa shape index (κ1) is 14.0. The van der Waals surface area contributed by atoms with Gasteiger partial charge in [-0.2, -0.15) is 0 Å². The molecule has 0 heterocycles. The highest BCUT2D eigenvalue weighted by molar-refractivity contribution is 5.75. The summed E-state index contributed by atoms with van der Waals surface area (Å²) in [6.07, 6.45) is 1.58. The van der Waals surface area contributed by atoms with E-state index in [-0.39, 0.29) is 18.7 Å². The second-order valence-corrected chi connectivity index (χ2v) is 4.09. The Bertz CT molecular complexity index is 124. The zero-order valence-electron chi connectivity index (χ0n) is 8.03. The lowest BCUT2D eigenvalue weighted by Gasteiger charge is -2.18. The molecule has 0 atom stereocenters. The molecule has 0 aromatic heterocycles. The van der Waals surface area contributed by atoms with Crippen LogP contribution in [0.4, 0.5) is 0 Å². The van der Waals surface area contributed by atoms with Crippen LogP contribution < -0.4 is 5.32 Å². The molecule has 2 heteroatoms. The Morgan fingerprint density at radius 2 is 1.83 bits per heavy atom. The van der Waals surface area contributed by atoms with Crippen molar-refractivity contribution in [2.45, 2.75) is 48.0 Å². The maximum Gasteiger partial charge on any atom is 0.220 e. The summed E-state index contributed by atoms with van der Waals surface area (Å²) in [5.41, 5.74) is 0.198. The molecule has 0 rings (SSSR count). The lowest BCUT2D eigenvalue weighted by Crippen LogP contribution is -2.31. The molecule has 1 N–H and O–H groups in total. The van der Waals surface area contributed by atoms with Crippen LogP contribution in [0.2, 0.25) is 0 Å². The molecule has 0 aromatic rings. The highest BCUT2D eigenvalue weighted by atomic mass is 16.1. The largest absolute Gasteiger partial charge is 0.356 e. The summed E-state index contributed by atoms with van der Waals surface area (Å²) in [7, 11) is 0. The van der Waals surface area contributed by atoms with Crippen molar-refractivity contribution in [3.05, 3.63) is 0 Å². The van der Waals surface area contributed by atoms with E-state index in [0.29, 0.717) is 6.42 Å². The van der Waals surface area contributed by atoms with E-state index >= 15 is 0 Å². The first-order chi connectivity index (χ1) is 4.95. The van der Waals surface area contributed by atoms with Gasteiger partial charge >= 0.3 is 0 Å². The Labute approximate surface area is 76.7 Å². The highest BCUT2D eigenvalue weighted by Gasteiger charge is 2.10. The molecule has 0 saturated carbocycles. The predicted molar refractivity (Wildman–Crippen MR) is 54.1 cm³/mol. The molecule has 0 aliphatic carbocycles. The average molecular weight is 173 g/mol. The van der Waals surface area contributed by atoms with Crippen LogP contribution in [0.15, 0.2) is 0 Å². The van der Waals surface area contributed by atoms with Gasteiger partial charge < -0.3 is 5.32 Å². The van der Waals surface area contributed by atoms with Gasteiger partial charge in [0.15, 0.2) is 0 Å². The minimum absolute atomic E-state index is 0. The first-order valence-corrected chi connectivity index (χ1v) is 4.22. The smallest absolute Gasteiger partial charge is 0.220 e. The molecule has 1 amide bonds. The van der Waals surface area contributed by atoms with Gasteiger partial charge in [-0.3, -0.25) is 4.79 Å². The summed E-state index contributed by atoms with van der Waals surface area (Å²) in [5, 5.41) is 2.88. The molecular formula is C10H23NO. The summed E-state index contributed by atoms with van der Waals surface area (Å²) < 4.78 is 0. The molecule has 0 unspecified atom stereocenters. The number of carbonyl (C=O) groups excluding carboxylic acids is 1. The van der Waals surface area contributed by atoms with Crippen LogP contribution >= 0.6 is 0 Å². The van der Waals surface area contributed by atoms with Gasteiger partial charge in [-0.15, -0.1) is 0 Å². The number of rotatable bonds is 3. The van der Waals surface area contributed by atoms with Crippen molar-refractivity contribution < 1.29 is 4.79 Å². The number of nitrogens with one attached hydrogen (secondary N) is 1. The third-order valence-corrected chi connectivity index (χ3v) is 1.29. The minimum atomic E-state index is 0. The summed E-state index contributed by atoms with van der Waals surface area (Å²) in [5.74, 6) is 0.169. The molecule has 12 heavy (non-hydrogen) atoms. The Balaban J connectivity index is 0. The number of hydrogen-bond donors (Lipinski definition) is 1. The Morgan fingerprint density at radius 3 is 2.17 bits per heavy atom. The minimum Gasteiger partial charge on any atom is -0.356 e. The van der Waals surface area contributed by atoms with E-state index in [1.807, 2.05) is 6.92 Å². The molecule has 0 saturated heterocycles. The molecule has 0 radical (unpaired) electrons. The Morgan fingerprint density at radius 1 is 1.33 bits per heavy atom. The van der Waals surface area contributed by atoms with E-state index in [1.54, 1.807) is 0 Å². The fraction of sp³-hybridized carbons (Fsp3) is 0.900. The molecule has 0 aliphatic rings. The van der Waals surface area contributed by atoms with Crippen molar-refractivity contribution >= 4 is 5.91 Å². The van der Waals surface area contributed by atoms with E-state index < -0.39 is 0 Å². The third-order valence-electron chi connectivity index (χ3n) is 1.29. The zero-order chi connectivity index (χ0) is 8.91. The fourth-order valence-electron chi connectivity index (χ4n) is 0.679. The van der Waals surface area contributed by atoms with Gasteiger partial charge in [0.05, 0.1) is 0 Å². The SMILES string of the molecule is C.CCCC(=O)NCC(C)(C)C. The van der Waals surface area contributed by atoms with Crippen molar-refractivity contribution in [3.63, 3.8) is 0 Å². The van der Waals surface area contributed by atoms with E-state index in [9.17, 15) is 4.79 Å². The summed E-state index contributed by atoms with van der Waals surface area (Å²) in [6.45, 7) is 9.11. The van der Waals surface area contributed by atoms with Gasteiger partial charge in [0, 0.05) is 13.0 Å². The van der Waals surface area contributed by atoms with Gasteiger partial charge in [-0.25, -0.2) is 0 Å². The van der Waals surface area contributed by atoms with Crippen molar-refractivity contribution in [2.24, 2.45) is 5.41 Å². The highest BCUT2D eigenvalue weighted by Crippen LogP contribution is 2.10. The second-order valence-electron chi connectivity index (χ2n) is 4.09. The lowest BCUT2D eigenvalue weighted by atomic mass is 9.97. The molecule has 0 aromatic carbocycles. The van der Waals surface area contributed by atoms with Gasteiger partial charge in [-0.05, 0) is 11.8 Å². The van der Waals surface area contributed by atoms with Crippen LogP contribution in [0.1, 0.15) is 48.0 Å². The molecule has 2 nitrogen and oxygen atoms in total. The molecule has 0 aliphatic heterocycles. The third kappa shape index (κ3) is 9.47. The van der Waals surface area contributed by atoms with E-state index in [0.717, 1.165) is 13.0 Å². The van der Waals surface area contributed by atoms with E-state index in [4.69, 9.17) is 0 Å². The van der Waals surface area contributed by atoms with Crippen molar-refractivity contribution in [1.29, 1.82) is 0 Å². The van der Waals surface area contributed by atoms with Gasteiger partial charge in [-0.1, -0.05) is 35.1 Å². The quantitative estimate of drug-likeness (QED) is 0.698. The van der Waals surface area contributed by atoms with Crippen LogP contribution in [0.25, 0.3) is 0 Å². The van der Waals surface area contributed by atoms with E-state index in [2.05, 4.69) is 26.1 Å². The van der Waals surface area contributed by atoms with Crippen molar-refractivity contribution in [3.8, 4) is 0 Å². The molecule has 0 fully saturated rings. The van der Waals surface area contributed by atoms with Crippen molar-refractivity contribution in [2.75, 3.05) is 6.54 Å². The van der Waals surface area contributed by atoms with Crippen LogP contribution in [-0.2, 0) is 4.79 Å². The number of amides is 1. The Kier molecular flexibility index (Phi) is 7.05. The summed E-state index contributed by atoms with van der Waals surface area (Å²) >= 11 is 0. The standard InChI is InChI=1S/C9H19NO.CH4/c1-5-6-8(11)10-7-9(2,3)4;/h5-7H2,1-4H3,(H,10,11);1H4. The fourth-order valence-corrected chi connectivity index (χ4v) is 0.679. The van der Waals surface area contributed by atoms with Gasteiger partial charge in [0.2, 0.25) is 5.91 Å². The first-order valence-electron chi connectivity index (χ1n) is 4.22. The average Bonchev–Trinajstić information content (AvgIpc) is 1.83. The normalized spacial score (nSPS) is 10.3. The maximum absolute atomic E-state index is 11.0. The maximum atomic E-state index is 11.0. The van der Waals surface area contributed by atoms with Crippen molar-refractivity contribution in [1.82, 2.24) is 5.32 Å². The van der Waals surface area contributed by atoms with E-state index in [1.165, 1.54) is 0 Å². The zero-order valence-corrected chi connectivity index (χ0v) is 8.03. The summed E-state index contributed by atoms with van der Waals surface area (Å²) in [4.78, 5) is 11.0. The van der Waals surface area contributed by atoms with Crippen LogP contribution in [0.3, 0.4) is 0 Å². The van der Waals surface area contributed by atoms with Gasteiger partial charge in [0.1, 0.15) is 0 Å². The predicted octanol–water partition coefficient (Wildman–Crippen LogP) is 2.58. The van der Waals surface area contributed by atoms with Crippen LogP contribution in [0, 0.1) is 5.41 Å². The molecule has 0 spiro atoms. The molecular weight excluding hydrogens is 150 g/mol. The van der Waals surface area contributed by atoms with Crippen LogP contribution in [-0.4, -0.2) is 12.5 Å². The monoisotopic (exact) mass is 173 g/mol. The second kappa shape index (κ2) is 6.04. The number of carbonyl (C=O) groups is 1. The molecule has 74 valence electrons.